The third-order valence-electron chi connectivity index (χ3n) is 3.79. The highest BCUT2D eigenvalue weighted by Crippen LogP contribution is 2.42. The Labute approximate surface area is 123 Å². The van der Waals surface area contributed by atoms with Crippen molar-refractivity contribution in [3.63, 3.8) is 0 Å². The van der Waals surface area contributed by atoms with Crippen LogP contribution >= 0.6 is 35.0 Å². The Morgan fingerprint density at radius 3 is 2.67 bits per heavy atom. The molecule has 2 atom stereocenters. The average Bonchev–Trinajstić information content (AvgIpc) is 2.30. The van der Waals surface area contributed by atoms with Crippen LogP contribution in [0.3, 0.4) is 0 Å². The van der Waals surface area contributed by atoms with E-state index in [2.05, 4.69) is 13.8 Å². The smallest absolute Gasteiger partial charge is 0.0603 e. The van der Waals surface area contributed by atoms with Crippen molar-refractivity contribution >= 4 is 35.0 Å². The molecule has 0 amide bonds. The second kappa shape index (κ2) is 5.62. The molecular formula is C14H19Cl2NS. The van der Waals surface area contributed by atoms with Crippen LogP contribution in [0, 0.1) is 5.41 Å². The van der Waals surface area contributed by atoms with E-state index in [4.69, 9.17) is 28.9 Å². The van der Waals surface area contributed by atoms with Crippen LogP contribution in [0.25, 0.3) is 0 Å². The van der Waals surface area contributed by atoms with Crippen molar-refractivity contribution in [1.82, 2.24) is 0 Å². The number of halogens is 2. The first-order chi connectivity index (χ1) is 8.40. The third kappa shape index (κ3) is 3.16. The summed E-state index contributed by atoms with van der Waals surface area (Å²) in [7, 11) is 0. The second-order valence-electron chi connectivity index (χ2n) is 5.64. The molecule has 0 aromatic heterocycles. The highest BCUT2D eigenvalue weighted by Gasteiger charge is 2.36. The van der Waals surface area contributed by atoms with Crippen molar-refractivity contribution in [2.75, 3.05) is 0 Å². The van der Waals surface area contributed by atoms with E-state index >= 15 is 0 Å². The summed E-state index contributed by atoms with van der Waals surface area (Å²) in [6.45, 7) is 4.53. The van der Waals surface area contributed by atoms with Crippen LogP contribution in [0.2, 0.25) is 10.0 Å². The van der Waals surface area contributed by atoms with Gasteiger partial charge in [0, 0.05) is 16.2 Å². The van der Waals surface area contributed by atoms with E-state index in [1.807, 2.05) is 30.0 Å². The normalized spacial score (nSPS) is 27.2. The molecule has 1 nitrogen and oxygen atoms in total. The van der Waals surface area contributed by atoms with E-state index in [9.17, 15) is 0 Å². The average molecular weight is 304 g/mol. The first kappa shape index (κ1) is 14.5. The second-order valence-corrected chi connectivity index (χ2v) is 7.77. The molecule has 100 valence electrons. The van der Waals surface area contributed by atoms with E-state index < -0.39 is 0 Å². The minimum absolute atomic E-state index is 0.228. The molecule has 0 heterocycles. The maximum atomic E-state index is 6.39. The lowest BCUT2D eigenvalue weighted by molar-refractivity contribution is 0.208. The Balaban J connectivity index is 2.11. The van der Waals surface area contributed by atoms with Crippen LogP contribution in [-0.4, -0.2) is 11.3 Å². The summed E-state index contributed by atoms with van der Waals surface area (Å²) in [6.07, 6.45) is 3.64. The number of nitrogens with two attached hydrogens (primary N) is 1. The molecule has 0 bridgehead atoms. The lowest BCUT2D eigenvalue weighted by atomic mass is 9.73. The first-order valence-corrected chi connectivity index (χ1v) is 7.91. The number of benzene rings is 1. The summed E-state index contributed by atoms with van der Waals surface area (Å²) in [6, 6.07) is 6.03. The van der Waals surface area contributed by atoms with Gasteiger partial charge < -0.3 is 5.73 Å². The van der Waals surface area contributed by atoms with Crippen molar-refractivity contribution in [3.8, 4) is 0 Å². The predicted octanol–water partition coefficient (Wildman–Crippen LogP) is 4.99. The molecule has 1 saturated carbocycles. The zero-order valence-electron chi connectivity index (χ0n) is 10.7. The zero-order valence-corrected chi connectivity index (χ0v) is 13.1. The van der Waals surface area contributed by atoms with Crippen molar-refractivity contribution in [2.24, 2.45) is 11.1 Å². The zero-order chi connectivity index (χ0) is 13.3. The maximum Gasteiger partial charge on any atom is 0.0603 e. The van der Waals surface area contributed by atoms with Gasteiger partial charge in [0.25, 0.3) is 0 Å². The molecule has 2 N–H and O–H groups in total. The van der Waals surface area contributed by atoms with Crippen molar-refractivity contribution in [3.05, 3.63) is 28.2 Å². The van der Waals surface area contributed by atoms with Crippen LogP contribution in [0.15, 0.2) is 23.1 Å². The quantitative estimate of drug-likeness (QED) is 0.833. The molecule has 1 aromatic rings. The number of hydrogen-bond donors (Lipinski definition) is 1. The molecule has 0 spiro atoms. The highest BCUT2D eigenvalue weighted by molar-refractivity contribution is 8.00. The summed E-state index contributed by atoms with van der Waals surface area (Å²) in [4.78, 5) is 1.16. The van der Waals surface area contributed by atoms with Crippen molar-refractivity contribution < 1.29 is 0 Å². The summed E-state index contributed by atoms with van der Waals surface area (Å²) < 4.78 is 0. The summed E-state index contributed by atoms with van der Waals surface area (Å²) >= 11 is 13.8. The van der Waals surface area contributed by atoms with Gasteiger partial charge in [-0.25, -0.2) is 0 Å². The van der Waals surface area contributed by atoms with Gasteiger partial charge in [0.05, 0.1) is 10.0 Å². The van der Waals surface area contributed by atoms with Gasteiger partial charge in [0.2, 0.25) is 0 Å². The van der Waals surface area contributed by atoms with Gasteiger partial charge in [-0.2, -0.15) is 0 Å². The largest absolute Gasteiger partial charge is 0.326 e. The highest BCUT2D eigenvalue weighted by atomic mass is 35.5. The Morgan fingerprint density at radius 2 is 2.00 bits per heavy atom. The topological polar surface area (TPSA) is 26.0 Å². The maximum absolute atomic E-state index is 6.39. The monoisotopic (exact) mass is 303 g/mol. The molecular weight excluding hydrogens is 285 g/mol. The summed E-state index contributed by atoms with van der Waals surface area (Å²) in [5.41, 5.74) is 6.62. The van der Waals surface area contributed by atoms with E-state index in [1.165, 1.54) is 19.3 Å². The Morgan fingerprint density at radius 1 is 1.28 bits per heavy atom. The molecule has 0 aliphatic heterocycles. The molecule has 1 aliphatic rings. The van der Waals surface area contributed by atoms with Gasteiger partial charge in [-0.05, 0) is 36.5 Å². The first-order valence-electron chi connectivity index (χ1n) is 6.27. The van der Waals surface area contributed by atoms with E-state index in [0.717, 1.165) is 4.90 Å². The van der Waals surface area contributed by atoms with Crippen molar-refractivity contribution in [2.45, 2.75) is 49.3 Å². The van der Waals surface area contributed by atoms with E-state index in [1.54, 1.807) is 0 Å². The van der Waals surface area contributed by atoms with Crippen LogP contribution < -0.4 is 5.73 Å². The van der Waals surface area contributed by atoms with Gasteiger partial charge in [0.15, 0.2) is 0 Å². The third-order valence-corrected chi connectivity index (χ3v) is 5.89. The molecule has 0 radical (unpaired) electrons. The molecule has 2 rings (SSSR count). The number of rotatable bonds is 2. The number of hydrogen-bond acceptors (Lipinski definition) is 2. The fourth-order valence-corrected chi connectivity index (χ4v) is 4.31. The standard InChI is InChI=1S/C14H19Cl2NS/c1-14(2)7-3-4-12(13(14)17)18-9-5-6-10(15)11(16)8-9/h5-6,8,12-13H,3-4,7,17H2,1-2H3. The fourth-order valence-electron chi connectivity index (χ4n) is 2.47. The van der Waals surface area contributed by atoms with Crippen LogP contribution in [0.4, 0.5) is 0 Å². The van der Waals surface area contributed by atoms with E-state index in [-0.39, 0.29) is 11.5 Å². The lowest BCUT2D eigenvalue weighted by Crippen LogP contribution is -2.48. The Hall–Kier alpha value is 0.110. The van der Waals surface area contributed by atoms with Crippen molar-refractivity contribution in [1.29, 1.82) is 0 Å². The molecule has 1 fully saturated rings. The van der Waals surface area contributed by atoms with Crippen LogP contribution in [0.5, 0.6) is 0 Å². The predicted molar refractivity (Wildman–Crippen MR) is 81.7 cm³/mol. The summed E-state index contributed by atoms with van der Waals surface area (Å²) in [5, 5.41) is 1.69. The Bertz CT molecular complexity index is 434. The van der Waals surface area contributed by atoms with Crippen LogP contribution in [0.1, 0.15) is 33.1 Å². The van der Waals surface area contributed by atoms with Crippen LogP contribution in [-0.2, 0) is 0 Å². The summed E-state index contributed by atoms with van der Waals surface area (Å²) in [5.74, 6) is 0. The van der Waals surface area contributed by atoms with Gasteiger partial charge in [0.1, 0.15) is 0 Å². The lowest BCUT2D eigenvalue weighted by Gasteiger charge is -2.41. The minimum Gasteiger partial charge on any atom is -0.326 e. The van der Waals surface area contributed by atoms with Gasteiger partial charge in [-0.1, -0.05) is 43.5 Å². The molecule has 4 heteroatoms. The van der Waals surface area contributed by atoms with Gasteiger partial charge in [-0.3, -0.25) is 0 Å². The molecule has 18 heavy (non-hydrogen) atoms. The fraction of sp³-hybridized carbons (Fsp3) is 0.571. The minimum atomic E-state index is 0.228. The molecule has 0 saturated heterocycles. The van der Waals surface area contributed by atoms with Gasteiger partial charge in [-0.15, -0.1) is 11.8 Å². The van der Waals surface area contributed by atoms with E-state index in [0.29, 0.717) is 15.3 Å². The number of thioether (sulfide) groups is 1. The molecule has 1 aromatic carbocycles. The molecule has 1 aliphatic carbocycles. The van der Waals surface area contributed by atoms with Gasteiger partial charge >= 0.3 is 0 Å². The SMILES string of the molecule is CC1(C)CCCC(Sc2ccc(Cl)c(Cl)c2)C1N. The molecule has 2 unspecified atom stereocenters. The Kier molecular flexibility index (Phi) is 4.53.